The maximum Gasteiger partial charge on any atom is 0.216 e. The quantitative estimate of drug-likeness (QED) is 0.306. The molecule has 0 atom stereocenters. The van der Waals surface area contributed by atoms with Gasteiger partial charge in [-0.05, 0) is 56.1 Å². The summed E-state index contributed by atoms with van der Waals surface area (Å²) >= 11 is 0. The maximum absolute atomic E-state index is 7.83. The molecule has 4 nitrogen and oxygen atoms in total. The second-order valence-electron chi connectivity index (χ2n) is 7.90. The predicted molar refractivity (Wildman–Crippen MR) is 120 cm³/mol. The molecule has 0 N–H and O–H groups in total. The van der Waals surface area contributed by atoms with E-state index < -0.39 is 6.85 Å². The first-order valence-electron chi connectivity index (χ1n) is 11.4. The summed E-state index contributed by atoms with van der Waals surface area (Å²) in [6.45, 7) is 1.72. The Labute approximate surface area is 177 Å². The van der Waals surface area contributed by atoms with Crippen molar-refractivity contribution in [2.45, 2.75) is 20.7 Å². The van der Waals surface area contributed by atoms with Gasteiger partial charge in [-0.2, -0.15) is 0 Å². The van der Waals surface area contributed by atoms with Crippen LogP contribution in [0.25, 0.3) is 55.3 Å². The van der Waals surface area contributed by atoms with Crippen molar-refractivity contribution in [2.75, 3.05) is 0 Å². The minimum atomic E-state index is -2.16. The number of fused-ring (bicyclic) bond motifs is 6. The molecule has 0 spiro atoms. The van der Waals surface area contributed by atoms with Crippen LogP contribution < -0.4 is 4.57 Å². The number of aromatic nitrogens is 2. The van der Waals surface area contributed by atoms with Crippen LogP contribution in [0.1, 0.15) is 20.8 Å². The Hall–Kier alpha value is -3.66. The lowest BCUT2D eigenvalue weighted by Crippen LogP contribution is -2.31. The van der Waals surface area contributed by atoms with Crippen molar-refractivity contribution in [3.05, 3.63) is 71.5 Å². The zero-order chi connectivity index (χ0) is 23.1. The highest BCUT2D eigenvalue weighted by Crippen LogP contribution is 2.40. The van der Waals surface area contributed by atoms with E-state index in [9.17, 15) is 0 Å². The first kappa shape index (κ1) is 14.3. The highest BCUT2D eigenvalue weighted by molar-refractivity contribution is 6.15. The van der Waals surface area contributed by atoms with Gasteiger partial charge in [-0.15, -0.1) is 0 Å². The van der Waals surface area contributed by atoms with E-state index >= 15 is 0 Å². The van der Waals surface area contributed by atoms with Crippen LogP contribution in [0.2, 0.25) is 0 Å². The molecule has 0 unspecified atom stereocenters. The first-order chi connectivity index (χ1) is 15.7. The van der Waals surface area contributed by atoms with Crippen LogP contribution in [0.3, 0.4) is 0 Å². The molecular formula is C26H21N2O2+. The number of aryl methyl sites for hydroxylation is 4. The fourth-order valence-electron chi connectivity index (χ4n) is 4.34. The van der Waals surface area contributed by atoms with Gasteiger partial charge in [0.25, 0.3) is 0 Å². The molecule has 4 heteroatoms. The molecule has 0 aliphatic rings. The van der Waals surface area contributed by atoms with Crippen molar-refractivity contribution < 1.29 is 17.5 Å². The molecular weight excluding hydrogens is 372 g/mol. The molecule has 0 radical (unpaired) electrons. The second-order valence-corrected chi connectivity index (χ2v) is 7.90. The highest BCUT2D eigenvalue weighted by atomic mass is 16.3. The highest BCUT2D eigenvalue weighted by Gasteiger charge is 2.22. The third kappa shape index (κ3) is 2.28. The van der Waals surface area contributed by atoms with E-state index in [4.69, 9.17) is 12.9 Å². The molecule has 6 rings (SSSR count). The number of hydrogen-bond acceptors (Lipinski definition) is 3. The van der Waals surface area contributed by atoms with Crippen LogP contribution in [0.4, 0.5) is 0 Å². The number of hydrogen-bond donors (Lipinski definition) is 0. The number of benzene rings is 2. The van der Waals surface area contributed by atoms with Crippen LogP contribution in [-0.4, -0.2) is 4.98 Å². The van der Waals surface area contributed by atoms with E-state index in [0.717, 1.165) is 66.4 Å². The molecule has 4 heterocycles. The lowest BCUT2D eigenvalue weighted by atomic mass is 9.99. The van der Waals surface area contributed by atoms with Crippen molar-refractivity contribution in [1.29, 1.82) is 0 Å². The van der Waals surface area contributed by atoms with Crippen molar-refractivity contribution in [3.63, 3.8) is 0 Å². The molecule has 30 heavy (non-hydrogen) atoms. The molecule has 0 amide bonds. The Morgan fingerprint density at radius 1 is 0.867 bits per heavy atom. The largest absolute Gasteiger partial charge is 0.455 e. The summed E-state index contributed by atoms with van der Waals surface area (Å²) in [4.78, 5) is 4.47. The first-order valence-corrected chi connectivity index (χ1v) is 9.86. The Bertz CT molecular complexity index is 1740. The van der Waals surface area contributed by atoms with Gasteiger partial charge in [0.2, 0.25) is 5.69 Å². The summed E-state index contributed by atoms with van der Waals surface area (Å²) in [5.41, 5.74) is 7.84. The molecule has 6 aromatic rings. The molecule has 0 aliphatic carbocycles. The summed E-state index contributed by atoms with van der Waals surface area (Å²) in [6.07, 6.45) is 3.45. The molecule has 0 fully saturated rings. The molecule has 4 aromatic heterocycles. The zero-order valence-electron chi connectivity index (χ0n) is 19.9. The summed E-state index contributed by atoms with van der Waals surface area (Å²) < 4.78 is 37.8. The Balaban J connectivity index is 1.66. The van der Waals surface area contributed by atoms with Gasteiger partial charge in [0.05, 0.1) is 10.9 Å². The van der Waals surface area contributed by atoms with Gasteiger partial charge in [0, 0.05) is 32.7 Å². The minimum absolute atomic E-state index is 0.350. The second kappa shape index (κ2) is 5.92. The average molecular weight is 396 g/mol. The van der Waals surface area contributed by atoms with Crippen LogP contribution in [0.15, 0.2) is 63.7 Å². The summed E-state index contributed by atoms with van der Waals surface area (Å²) in [6, 6.07) is 13.8. The van der Waals surface area contributed by atoms with E-state index in [0.29, 0.717) is 5.56 Å². The van der Waals surface area contributed by atoms with Gasteiger partial charge in [-0.3, -0.25) is 4.98 Å². The molecule has 0 bridgehead atoms. The van der Waals surface area contributed by atoms with E-state index in [1.807, 2.05) is 55.8 Å². The van der Waals surface area contributed by atoms with Crippen molar-refractivity contribution in [3.8, 4) is 11.3 Å². The monoisotopic (exact) mass is 396 g/mol. The van der Waals surface area contributed by atoms with E-state index in [1.165, 1.54) is 0 Å². The minimum Gasteiger partial charge on any atom is -0.455 e. The van der Waals surface area contributed by atoms with Gasteiger partial charge in [-0.1, -0.05) is 12.1 Å². The standard InChI is InChI=1S/C26H21N2O2/c1-14-7-8-17-18-11-23-19(25-21(29-23)6-5-9-27-25)12-22(18)30-26(17)24(14)20-10-15(2)16(3)13-28(20)4/h5-13H,1-4H3/q+1/i3D3. The van der Waals surface area contributed by atoms with Gasteiger partial charge in [0.15, 0.2) is 11.8 Å². The Morgan fingerprint density at radius 2 is 1.70 bits per heavy atom. The third-order valence-electron chi connectivity index (χ3n) is 5.93. The SMILES string of the molecule is [2H]C([2H])([2H])c1c[n+](C)c(-c2c(C)ccc3c2oc2cc4c(cc23)oc2cccnc24)cc1C. The summed E-state index contributed by atoms with van der Waals surface area (Å²) in [5, 5.41) is 2.87. The predicted octanol–water partition coefficient (Wildman–Crippen LogP) is 6.30. The van der Waals surface area contributed by atoms with E-state index in [1.54, 1.807) is 12.4 Å². The molecule has 0 aliphatic heterocycles. The fraction of sp³-hybridized carbons (Fsp3) is 0.154. The van der Waals surface area contributed by atoms with Gasteiger partial charge >= 0.3 is 0 Å². The summed E-state index contributed by atoms with van der Waals surface area (Å²) in [5.74, 6) is 0. The van der Waals surface area contributed by atoms with E-state index in [2.05, 4.69) is 17.1 Å². The normalized spacial score (nSPS) is 13.9. The van der Waals surface area contributed by atoms with Crippen LogP contribution in [0, 0.1) is 20.7 Å². The molecule has 2 aromatic carbocycles. The zero-order valence-corrected chi connectivity index (χ0v) is 16.9. The number of rotatable bonds is 1. The Kier molecular flexibility index (Phi) is 2.83. The van der Waals surface area contributed by atoms with Crippen molar-refractivity contribution in [1.82, 2.24) is 4.98 Å². The van der Waals surface area contributed by atoms with Crippen LogP contribution >= 0.6 is 0 Å². The molecule has 0 saturated heterocycles. The lowest BCUT2D eigenvalue weighted by molar-refractivity contribution is -0.660. The fourth-order valence-corrected chi connectivity index (χ4v) is 4.34. The van der Waals surface area contributed by atoms with Gasteiger partial charge in [-0.25, -0.2) is 4.57 Å². The third-order valence-corrected chi connectivity index (χ3v) is 5.93. The van der Waals surface area contributed by atoms with Gasteiger partial charge in [0.1, 0.15) is 29.3 Å². The van der Waals surface area contributed by atoms with Crippen LogP contribution in [0.5, 0.6) is 0 Å². The topological polar surface area (TPSA) is 43.0 Å². The van der Waals surface area contributed by atoms with Crippen LogP contribution in [-0.2, 0) is 7.05 Å². The van der Waals surface area contributed by atoms with Gasteiger partial charge < -0.3 is 8.83 Å². The van der Waals surface area contributed by atoms with Crippen molar-refractivity contribution >= 4 is 44.0 Å². The van der Waals surface area contributed by atoms with E-state index in [-0.39, 0.29) is 0 Å². The molecule has 146 valence electrons. The Morgan fingerprint density at radius 3 is 2.57 bits per heavy atom. The lowest BCUT2D eigenvalue weighted by Gasteiger charge is -2.07. The average Bonchev–Trinajstić information content (AvgIpc) is 3.30. The number of furan rings is 2. The maximum atomic E-state index is 7.83. The molecule has 0 saturated carbocycles. The smallest absolute Gasteiger partial charge is 0.216 e. The van der Waals surface area contributed by atoms with Crippen molar-refractivity contribution in [2.24, 2.45) is 7.05 Å². The summed E-state index contributed by atoms with van der Waals surface area (Å²) in [7, 11) is 1.87. The number of nitrogens with zero attached hydrogens (tertiary/aromatic N) is 2. The number of pyridine rings is 2.